The molecule has 0 fully saturated rings. The van der Waals surface area contributed by atoms with Gasteiger partial charge in [0.25, 0.3) is 5.91 Å². The van der Waals surface area contributed by atoms with E-state index >= 15 is 0 Å². The summed E-state index contributed by atoms with van der Waals surface area (Å²) in [5.74, 6) is -0.401. The first-order chi connectivity index (χ1) is 6.24. The van der Waals surface area contributed by atoms with Crippen molar-refractivity contribution in [3.8, 4) is 0 Å². The lowest BCUT2D eigenvalue weighted by atomic mass is 10.4. The third-order valence-corrected chi connectivity index (χ3v) is 1.60. The van der Waals surface area contributed by atoms with E-state index in [1.807, 2.05) is 0 Å². The van der Waals surface area contributed by atoms with Gasteiger partial charge in [0.05, 0.1) is 6.61 Å². The number of aromatic nitrogens is 2. The minimum Gasteiger partial charge on any atom is -0.274 e. The van der Waals surface area contributed by atoms with Crippen LogP contribution in [0.25, 0.3) is 0 Å². The van der Waals surface area contributed by atoms with E-state index in [0.29, 0.717) is 11.2 Å². The molecule has 0 aliphatic rings. The molecule has 1 amide bonds. The van der Waals surface area contributed by atoms with Crippen molar-refractivity contribution in [2.45, 2.75) is 6.92 Å². The lowest BCUT2D eigenvalue weighted by molar-refractivity contribution is 0.0359. The molecule has 70 valence electrons. The monoisotopic (exact) mass is 245 g/mol. The van der Waals surface area contributed by atoms with Gasteiger partial charge in [-0.25, -0.2) is 5.48 Å². The topological polar surface area (TPSA) is 64.1 Å². The second-order valence-corrected chi connectivity index (χ2v) is 2.92. The Hall–Kier alpha value is -1.01. The summed E-state index contributed by atoms with van der Waals surface area (Å²) in [4.78, 5) is 15.9. The highest BCUT2D eigenvalue weighted by molar-refractivity contribution is 9.10. The van der Waals surface area contributed by atoms with Crippen LogP contribution in [0.1, 0.15) is 17.4 Å². The fraction of sp³-hybridized carbons (Fsp3) is 0.286. The summed E-state index contributed by atoms with van der Waals surface area (Å²) in [7, 11) is 0. The second-order valence-electron chi connectivity index (χ2n) is 2.11. The average molecular weight is 246 g/mol. The van der Waals surface area contributed by atoms with Crippen molar-refractivity contribution in [1.82, 2.24) is 15.7 Å². The molecule has 1 rings (SSSR count). The van der Waals surface area contributed by atoms with Crippen molar-refractivity contribution in [1.29, 1.82) is 0 Å². The zero-order chi connectivity index (χ0) is 9.68. The summed E-state index contributed by atoms with van der Waals surface area (Å²) in [5, 5.41) is 7.30. The third kappa shape index (κ3) is 3.08. The van der Waals surface area contributed by atoms with Crippen LogP contribution in [0.15, 0.2) is 16.7 Å². The van der Waals surface area contributed by atoms with Gasteiger partial charge in [-0.2, -0.15) is 0 Å². The Balaban J connectivity index is 2.61. The molecule has 1 N–H and O–H groups in total. The van der Waals surface area contributed by atoms with E-state index in [1.54, 1.807) is 19.1 Å². The van der Waals surface area contributed by atoms with Crippen molar-refractivity contribution in [2.75, 3.05) is 6.61 Å². The van der Waals surface area contributed by atoms with E-state index in [1.165, 1.54) is 0 Å². The van der Waals surface area contributed by atoms with Crippen LogP contribution in [-0.4, -0.2) is 22.7 Å². The molecular formula is C7H8BrN3O2. The van der Waals surface area contributed by atoms with Crippen LogP contribution >= 0.6 is 15.9 Å². The van der Waals surface area contributed by atoms with E-state index in [0.717, 1.165) is 0 Å². The summed E-state index contributed by atoms with van der Waals surface area (Å²) in [6, 6.07) is 3.18. The Morgan fingerprint density at radius 1 is 1.62 bits per heavy atom. The average Bonchev–Trinajstić information content (AvgIpc) is 2.15. The Morgan fingerprint density at radius 3 is 2.92 bits per heavy atom. The molecule has 6 heteroatoms. The first-order valence-electron chi connectivity index (χ1n) is 3.65. The number of hydrogen-bond donors (Lipinski definition) is 1. The Kier molecular flexibility index (Phi) is 3.78. The quantitative estimate of drug-likeness (QED) is 0.805. The molecule has 0 radical (unpaired) electrons. The predicted molar refractivity (Wildman–Crippen MR) is 48.8 cm³/mol. The molecule has 5 nitrogen and oxygen atoms in total. The number of hydrogen-bond acceptors (Lipinski definition) is 4. The number of hydroxylamine groups is 1. The van der Waals surface area contributed by atoms with Crippen LogP contribution < -0.4 is 5.48 Å². The normalized spacial score (nSPS) is 9.69. The Bertz CT molecular complexity index is 288. The SMILES string of the molecule is CCONC(=O)c1ccc(Br)nn1. The number of carbonyl (C=O) groups excluding carboxylic acids is 1. The summed E-state index contributed by atoms with van der Waals surface area (Å²) < 4.78 is 0.584. The fourth-order valence-electron chi connectivity index (χ4n) is 0.627. The van der Waals surface area contributed by atoms with Gasteiger partial charge in [0, 0.05) is 0 Å². The van der Waals surface area contributed by atoms with Crippen molar-refractivity contribution in [3.05, 3.63) is 22.4 Å². The van der Waals surface area contributed by atoms with Gasteiger partial charge >= 0.3 is 0 Å². The first kappa shape index (κ1) is 10.1. The largest absolute Gasteiger partial charge is 0.295 e. The molecule has 0 aromatic carbocycles. The minimum atomic E-state index is -0.401. The van der Waals surface area contributed by atoms with E-state index in [4.69, 9.17) is 4.84 Å². The summed E-state index contributed by atoms with van der Waals surface area (Å²) in [6.45, 7) is 2.18. The van der Waals surface area contributed by atoms with Gasteiger partial charge < -0.3 is 0 Å². The molecule has 0 saturated carbocycles. The number of carbonyl (C=O) groups is 1. The zero-order valence-corrected chi connectivity index (χ0v) is 8.54. The highest BCUT2D eigenvalue weighted by Crippen LogP contribution is 2.02. The van der Waals surface area contributed by atoms with Gasteiger partial charge in [-0.15, -0.1) is 10.2 Å². The molecule has 0 saturated heterocycles. The first-order valence-corrected chi connectivity index (χ1v) is 4.44. The Labute approximate surface area is 83.6 Å². The summed E-state index contributed by atoms with van der Waals surface area (Å²) >= 11 is 3.11. The molecule has 0 aliphatic carbocycles. The second kappa shape index (κ2) is 4.88. The van der Waals surface area contributed by atoms with E-state index in [-0.39, 0.29) is 5.69 Å². The molecular weight excluding hydrogens is 238 g/mol. The number of nitrogens with zero attached hydrogens (tertiary/aromatic N) is 2. The number of nitrogens with one attached hydrogen (secondary N) is 1. The van der Waals surface area contributed by atoms with Gasteiger partial charge in [0.1, 0.15) is 4.60 Å². The number of rotatable bonds is 3. The maximum atomic E-state index is 11.2. The molecule has 0 bridgehead atoms. The fourth-order valence-corrected chi connectivity index (χ4v) is 0.839. The van der Waals surface area contributed by atoms with Gasteiger partial charge in [-0.05, 0) is 35.0 Å². The molecule has 0 atom stereocenters. The predicted octanol–water partition coefficient (Wildman–Crippen LogP) is 0.920. The molecule has 1 aromatic heterocycles. The third-order valence-electron chi connectivity index (χ3n) is 1.17. The summed E-state index contributed by atoms with van der Waals surface area (Å²) in [5.41, 5.74) is 2.43. The van der Waals surface area contributed by atoms with Crippen molar-refractivity contribution < 1.29 is 9.63 Å². The van der Waals surface area contributed by atoms with Gasteiger partial charge in [-0.3, -0.25) is 9.63 Å². The number of halogens is 1. The van der Waals surface area contributed by atoms with E-state index in [2.05, 4.69) is 31.6 Å². The molecule has 0 aliphatic heterocycles. The zero-order valence-electron chi connectivity index (χ0n) is 6.95. The van der Waals surface area contributed by atoms with Crippen LogP contribution in [-0.2, 0) is 4.84 Å². The maximum absolute atomic E-state index is 11.2. The van der Waals surface area contributed by atoms with Crippen LogP contribution in [0.4, 0.5) is 0 Å². The number of amides is 1. The maximum Gasteiger partial charge on any atom is 0.295 e. The molecule has 1 aromatic rings. The van der Waals surface area contributed by atoms with Gasteiger partial charge in [0.15, 0.2) is 5.69 Å². The van der Waals surface area contributed by atoms with Crippen LogP contribution in [0.2, 0.25) is 0 Å². The molecule has 1 heterocycles. The van der Waals surface area contributed by atoms with Crippen molar-refractivity contribution in [3.63, 3.8) is 0 Å². The van der Waals surface area contributed by atoms with Gasteiger partial charge in [-0.1, -0.05) is 0 Å². The van der Waals surface area contributed by atoms with Crippen molar-refractivity contribution >= 4 is 21.8 Å². The van der Waals surface area contributed by atoms with Gasteiger partial charge in [0.2, 0.25) is 0 Å². The highest BCUT2D eigenvalue weighted by Gasteiger charge is 2.06. The van der Waals surface area contributed by atoms with Crippen LogP contribution in [0, 0.1) is 0 Å². The Morgan fingerprint density at radius 2 is 2.38 bits per heavy atom. The van der Waals surface area contributed by atoms with E-state index in [9.17, 15) is 4.79 Å². The van der Waals surface area contributed by atoms with Crippen LogP contribution in [0.3, 0.4) is 0 Å². The standard InChI is InChI=1S/C7H8BrN3O2/c1-2-13-11-7(12)5-3-4-6(8)10-9-5/h3-4H,2H2,1H3,(H,11,12). The highest BCUT2D eigenvalue weighted by atomic mass is 79.9. The summed E-state index contributed by atoms with van der Waals surface area (Å²) in [6.07, 6.45) is 0. The van der Waals surface area contributed by atoms with E-state index < -0.39 is 5.91 Å². The molecule has 0 unspecified atom stereocenters. The molecule has 0 spiro atoms. The minimum absolute atomic E-state index is 0.219. The lowest BCUT2D eigenvalue weighted by Gasteiger charge is -2.01. The van der Waals surface area contributed by atoms with Crippen LogP contribution in [0.5, 0.6) is 0 Å². The van der Waals surface area contributed by atoms with Crippen molar-refractivity contribution in [2.24, 2.45) is 0 Å². The lowest BCUT2D eigenvalue weighted by Crippen LogP contribution is -2.24. The smallest absolute Gasteiger partial charge is 0.274 e. The molecule has 13 heavy (non-hydrogen) atoms.